The number of hydrogen-bond donors (Lipinski definition) is 1. The lowest BCUT2D eigenvalue weighted by Gasteiger charge is -2.30. The molecule has 0 aliphatic heterocycles. The molecule has 2 aromatic rings. The lowest BCUT2D eigenvalue weighted by atomic mass is 9.78. The van der Waals surface area contributed by atoms with Gasteiger partial charge in [-0.3, -0.25) is 4.79 Å². The molecule has 0 spiro atoms. The van der Waals surface area contributed by atoms with Crippen LogP contribution in [-0.2, 0) is 17.3 Å². The topological polar surface area (TPSA) is 42.1 Å². The fraction of sp³-hybridized carbons (Fsp3) is 0.522. The van der Waals surface area contributed by atoms with Gasteiger partial charge in [0.2, 0.25) is 0 Å². The van der Waals surface area contributed by atoms with Crippen molar-refractivity contribution in [3.63, 3.8) is 0 Å². The first-order chi connectivity index (χ1) is 13.3. The number of hydrogen-bond acceptors (Lipinski definition) is 2. The van der Waals surface area contributed by atoms with Crippen LogP contribution < -0.4 is 4.74 Å². The molecule has 0 aliphatic rings. The molecule has 29 heavy (non-hydrogen) atoms. The number of ketones is 1. The van der Waals surface area contributed by atoms with E-state index in [1.807, 2.05) is 6.92 Å². The van der Waals surface area contributed by atoms with Gasteiger partial charge in [0.1, 0.15) is 16.6 Å². The summed E-state index contributed by atoms with van der Waals surface area (Å²) in [4.78, 5) is 15.5. The molecule has 0 atom stereocenters. The summed E-state index contributed by atoms with van der Waals surface area (Å²) in [6.07, 6.45) is 0.885. The van der Waals surface area contributed by atoms with Gasteiger partial charge in [-0.25, -0.2) is 0 Å². The largest absolute Gasteiger partial charge is 0.493 e. The Morgan fingerprint density at radius 2 is 1.48 bits per heavy atom. The van der Waals surface area contributed by atoms with Crippen LogP contribution in [0.4, 0.5) is 0 Å². The number of aromatic amines is 1. The highest BCUT2D eigenvalue weighted by Gasteiger charge is 2.28. The van der Waals surface area contributed by atoms with Crippen molar-refractivity contribution >= 4 is 40.6 Å². The van der Waals surface area contributed by atoms with Crippen molar-refractivity contribution in [2.75, 3.05) is 6.61 Å². The molecule has 0 amide bonds. The SMILES string of the molecule is CCOc1c(C(C)(C)C)cc(CCC(=O)c2[nH]c(Cl)c(Cl)c2Cl)cc1C(C)(C)C. The molecule has 1 aromatic heterocycles. The number of rotatable bonds is 6. The van der Waals surface area contributed by atoms with Crippen LogP contribution in [0, 0.1) is 0 Å². The first-order valence-corrected chi connectivity index (χ1v) is 11.0. The number of aromatic nitrogens is 1. The second-order valence-corrected chi connectivity index (χ2v) is 10.5. The van der Waals surface area contributed by atoms with Crippen molar-refractivity contribution in [2.45, 2.75) is 72.1 Å². The van der Waals surface area contributed by atoms with Gasteiger partial charge in [0, 0.05) is 17.5 Å². The summed E-state index contributed by atoms with van der Waals surface area (Å²) < 4.78 is 6.08. The summed E-state index contributed by atoms with van der Waals surface area (Å²) in [5.41, 5.74) is 3.48. The van der Waals surface area contributed by atoms with Crippen LogP contribution in [0.2, 0.25) is 15.2 Å². The Hall–Kier alpha value is -1.16. The standard InChI is InChI=1S/C23H30Cl3NO2/c1-8-29-20-14(22(2,3)4)11-13(12-15(20)23(5,6)7)9-10-16(28)19-17(24)18(25)21(26)27-19/h11-12,27H,8-10H2,1-7H3. The van der Waals surface area contributed by atoms with Crippen LogP contribution in [0.25, 0.3) is 0 Å². The molecule has 0 radical (unpaired) electrons. The summed E-state index contributed by atoms with van der Waals surface area (Å²) in [7, 11) is 0. The molecule has 3 nitrogen and oxygen atoms in total. The molecule has 0 unspecified atom stereocenters. The Morgan fingerprint density at radius 3 is 1.86 bits per heavy atom. The van der Waals surface area contributed by atoms with Crippen LogP contribution in [0.15, 0.2) is 12.1 Å². The molecule has 2 rings (SSSR count). The van der Waals surface area contributed by atoms with E-state index in [0.717, 1.165) is 22.4 Å². The van der Waals surface area contributed by atoms with Crippen LogP contribution in [0.5, 0.6) is 5.75 Å². The zero-order valence-electron chi connectivity index (χ0n) is 18.2. The van der Waals surface area contributed by atoms with Crippen molar-refractivity contribution in [3.05, 3.63) is 49.7 Å². The van der Waals surface area contributed by atoms with Gasteiger partial charge < -0.3 is 9.72 Å². The van der Waals surface area contributed by atoms with Crippen molar-refractivity contribution in [1.82, 2.24) is 4.98 Å². The average molecular weight is 459 g/mol. The molecule has 1 N–H and O–H groups in total. The van der Waals surface area contributed by atoms with Crippen molar-refractivity contribution in [1.29, 1.82) is 0 Å². The molecule has 0 aliphatic carbocycles. The third kappa shape index (κ3) is 5.51. The van der Waals surface area contributed by atoms with Crippen molar-refractivity contribution in [3.8, 4) is 5.75 Å². The van der Waals surface area contributed by atoms with Gasteiger partial charge in [-0.15, -0.1) is 0 Å². The van der Waals surface area contributed by atoms with Crippen molar-refractivity contribution in [2.24, 2.45) is 0 Å². The number of H-pyrrole nitrogens is 1. The molecule has 160 valence electrons. The predicted octanol–water partition coefficient (Wildman–Crippen LogP) is 7.78. The van der Waals surface area contributed by atoms with Gasteiger partial charge in [-0.2, -0.15) is 0 Å². The van der Waals surface area contributed by atoms with Gasteiger partial charge in [0.05, 0.1) is 16.7 Å². The molecular formula is C23H30Cl3NO2. The number of benzene rings is 1. The summed E-state index contributed by atoms with van der Waals surface area (Å²) in [5, 5.41) is 0.549. The molecule has 0 saturated heterocycles. The molecular weight excluding hydrogens is 429 g/mol. The summed E-state index contributed by atoms with van der Waals surface area (Å²) in [5.74, 6) is 0.834. The molecule has 1 aromatic carbocycles. The maximum absolute atomic E-state index is 12.7. The molecule has 1 heterocycles. The van der Waals surface area contributed by atoms with E-state index in [-0.39, 0.29) is 37.5 Å². The summed E-state index contributed by atoms with van der Waals surface area (Å²) in [6.45, 7) is 15.7. The maximum Gasteiger partial charge on any atom is 0.180 e. The fourth-order valence-corrected chi connectivity index (χ4v) is 3.87. The van der Waals surface area contributed by atoms with Gasteiger partial charge >= 0.3 is 0 Å². The van der Waals surface area contributed by atoms with E-state index in [0.29, 0.717) is 19.4 Å². The van der Waals surface area contributed by atoms with E-state index < -0.39 is 0 Å². The van der Waals surface area contributed by atoms with E-state index in [4.69, 9.17) is 39.5 Å². The Kier molecular flexibility index (Phi) is 7.41. The minimum Gasteiger partial charge on any atom is -0.493 e. The normalized spacial score (nSPS) is 12.3. The molecule has 0 fully saturated rings. The quantitative estimate of drug-likeness (QED) is 0.449. The monoisotopic (exact) mass is 457 g/mol. The zero-order chi connectivity index (χ0) is 22.1. The average Bonchev–Trinajstić information content (AvgIpc) is 2.86. The maximum atomic E-state index is 12.7. The van der Waals surface area contributed by atoms with Gasteiger partial charge in [0.15, 0.2) is 5.78 Å². The Labute approximate surface area is 189 Å². The minimum absolute atomic E-state index is 0.0890. The highest BCUT2D eigenvalue weighted by atomic mass is 35.5. The van der Waals surface area contributed by atoms with Crippen LogP contribution in [0.1, 0.15) is 82.1 Å². The Balaban J connectivity index is 2.42. The molecule has 0 saturated carbocycles. The van der Waals surface area contributed by atoms with E-state index in [1.165, 1.54) is 0 Å². The van der Waals surface area contributed by atoms with E-state index in [2.05, 4.69) is 58.7 Å². The Bertz CT molecular complexity index is 867. The van der Waals surface area contributed by atoms with Crippen molar-refractivity contribution < 1.29 is 9.53 Å². The van der Waals surface area contributed by atoms with Gasteiger partial charge in [0.25, 0.3) is 0 Å². The minimum atomic E-state index is -0.118. The van der Waals surface area contributed by atoms with E-state index in [9.17, 15) is 4.79 Å². The number of halogens is 3. The lowest BCUT2D eigenvalue weighted by Crippen LogP contribution is -2.20. The lowest BCUT2D eigenvalue weighted by molar-refractivity contribution is 0.0979. The van der Waals surface area contributed by atoms with E-state index in [1.54, 1.807) is 0 Å². The third-order valence-corrected chi connectivity index (χ3v) is 6.05. The number of ether oxygens (including phenoxy) is 1. The van der Waals surface area contributed by atoms with Crippen LogP contribution >= 0.6 is 34.8 Å². The Morgan fingerprint density at radius 1 is 0.966 bits per heavy atom. The number of carbonyl (C=O) groups excluding carboxylic acids is 1. The van der Waals surface area contributed by atoms with Gasteiger partial charge in [-0.1, -0.05) is 88.5 Å². The fourth-order valence-electron chi connectivity index (χ4n) is 3.25. The highest BCUT2D eigenvalue weighted by Crippen LogP contribution is 2.41. The third-order valence-electron chi connectivity index (χ3n) is 4.81. The second-order valence-electron chi connectivity index (χ2n) is 9.32. The van der Waals surface area contributed by atoms with Crippen LogP contribution in [0.3, 0.4) is 0 Å². The van der Waals surface area contributed by atoms with Gasteiger partial charge in [-0.05, 0) is 29.7 Å². The molecule has 6 heteroatoms. The number of aryl methyl sites for hydroxylation is 1. The molecule has 0 bridgehead atoms. The number of carbonyl (C=O) groups is 1. The summed E-state index contributed by atoms with van der Waals surface area (Å²) >= 11 is 18.1. The number of nitrogens with one attached hydrogen (secondary N) is 1. The predicted molar refractivity (Wildman–Crippen MR) is 123 cm³/mol. The second kappa shape index (κ2) is 8.91. The van der Waals surface area contributed by atoms with Crippen LogP contribution in [-0.4, -0.2) is 17.4 Å². The zero-order valence-corrected chi connectivity index (χ0v) is 20.5. The summed E-state index contributed by atoms with van der Waals surface area (Å²) in [6, 6.07) is 4.31. The highest BCUT2D eigenvalue weighted by molar-refractivity contribution is 6.49. The number of Topliss-reactive ketones (excluding diaryl/α,β-unsaturated/α-hetero) is 1. The first kappa shape index (κ1) is 24.1. The van der Waals surface area contributed by atoms with E-state index >= 15 is 0 Å². The first-order valence-electron chi connectivity index (χ1n) is 9.83. The smallest absolute Gasteiger partial charge is 0.180 e.